The molecule has 1 aliphatic heterocycles. The number of aromatic nitrogens is 3. The molecule has 0 bridgehead atoms. The number of aryl methyl sites for hydroxylation is 1. The molecule has 2 aromatic rings. The van der Waals surface area contributed by atoms with Crippen molar-refractivity contribution in [3.63, 3.8) is 0 Å². The normalized spacial score (nSPS) is 18.6. The lowest BCUT2D eigenvalue weighted by Crippen LogP contribution is -2.16. The molecule has 0 fully saturated rings. The van der Waals surface area contributed by atoms with Crippen LogP contribution in [0.3, 0.4) is 0 Å². The topological polar surface area (TPSA) is 30.7 Å². The van der Waals surface area contributed by atoms with Crippen molar-refractivity contribution in [2.45, 2.75) is 44.8 Å². The molecule has 21 heavy (non-hydrogen) atoms. The van der Waals surface area contributed by atoms with E-state index in [9.17, 15) is 13.2 Å². The van der Waals surface area contributed by atoms with Gasteiger partial charge in [0.05, 0.1) is 11.6 Å². The Morgan fingerprint density at radius 3 is 2.86 bits per heavy atom. The summed E-state index contributed by atoms with van der Waals surface area (Å²) in [6, 6.07) is 5.67. The van der Waals surface area contributed by atoms with E-state index in [-0.39, 0.29) is 0 Å². The smallest absolute Gasteiger partial charge is 0.247 e. The molecule has 0 saturated carbocycles. The maximum absolute atomic E-state index is 12.7. The summed E-state index contributed by atoms with van der Waals surface area (Å²) < 4.78 is 40.0. The number of rotatable bonds is 2. The molecule has 3 nitrogen and oxygen atoms in total. The van der Waals surface area contributed by atoms with Crippen molar-refractivity contribution in [3.8, 4) is 0 Å². The van der Waals surface area contributed by atoms with E-state index in [1.165, 1.54) is 12.1 Å². The van der Waals surface area contributed by atoms with Crippen LogP contribution in [-0.4, -0.2) is 14.8 Å². The first kappa shape index (κ1) is 14.1. The third-order valence-corrected chi connectivity index (χ3v) is 3.80. The number of nitrogens with zero attached hydrogens (tertiary/aromatic N) is 3. The molecule has 1 aromatic carbocycles. The minimum atomic E-state index is -4.31. The van der Waals surface area contributed by atoms with Crippen LogP contribution in [0.15, 0.2) is 24.3 Å². The van der Waals surface area contributed by atoms with Gasteiger partial charge >= 0.3 is 6.18 Å². The zero-order valence-corrected chi connectivity index (χ0v) is 11.7. The molecule has 0 amide bonds. The zero-order valence-electron chi connectivity index (χ0n) is 11.7. The van der Waals surface area contributed by atoms with Gasteiger partial charge in [-0.3, -0.25) is 0 Å². The molecule has 0 radical (unpaired) electrons. The highest BCUT2D eigenvalue weighted by atomic mass is 19.4. The van der Waals surface area contributed by atoms with Crippen LogP contribution in [0.4, 0.5) is 13.2 Å². The van der Waals surface area contributed by atoms with Crippen LogP contribution >= 0.6 is 0 Å². The summed E-state index contributed by atoms with van der Waals surface area (Å²) in [5, 5.41) is 4.44. The van der Waals surface area contributed by atoms with Crippen LogP contribution in [0.2, 0.25) is 0 Å². The maximum Gasteiger partial charge on any atom is 0.416 e. The Labute approximate surface area is 120 Å². The van der Waals surface area contributed by atoms with Crippen LogP contribution in [0.25, 0.3) is 0 Å². The second kappa shape index (κ2) is 5.16. The first-order valence-electron chi connectivity index (χ1n) is 7.04. The number of benzene rings is 1. The van der Waals surface area contributed by atoms with Gasteiger partial charge in [0.1, 0.15) is 5.82 Å². The average Bonchev–Trinajstić information content (AvgIpc) is 2.82. The molecule has 3 rings (SSSR count). The van der Waals surface area contributed by atoms with E-state index in [4.69, 9.17) is 0 Å². The monoisotopic (exact) mass is 295 g/mol. The second-order valence-corrected chi connectivity index (χ2v) is 5.50. The van der Waals surface area contributed by atoms with Crippen LogP contribution < -0.4 is 0 Å². The van der Waals surface area contributed by atoms with E-state index >= 15 is 0 Å². The van der Waals surface area contributed by atoms with Crippen molar-refractivity contribution in [3.05, 3.63) is 47.0 Å². The summed E-state index contributed by atoms with van der Waals surface area (Å²) in [6.07, 6.45) is -0.940. The summed E-state index contributed by atoms with van der Waals surface area (Å²) in [5.41, 5.74) is -0.0437. The minimum Gasteiger partial charge on any atom is -0.247 e. The Morgan fingerprint density at radius 1 is 1.33 bits per heavy atom. The van der Waals surface area contributed by atoms with Crippen molar-refractivity contribution in [2.24, 2.45) is 0 Å². The average molecular weight is 295 g/mol. The Bertz CT molecular complexity index is 646. The van der Waals surface area contributed by atoms with E-state index in [1.807, 2.05) is 4.68 Å². The van der Waals surface area contributed by atoms with Gasteiger partial charge in [-0.1, -0.05) is 18.2 Å². The molecule has 1 unspecified atom stereocenters. The molecule has 0 saturated heterocycles. The SMILES string of the molecule is CC1CCCc2nc(Cc3cccc(C(F)(F)F)c3)nn21. The van der Waals surface area contributed by atoms with Crippen molar-refractivity contribution in [2.75, 3.05) is 0 Å². The van der Waals surface area contributed by atoms with E-state index < -0.39 is 11.7 Å². The standard InChI is InChI=1S/C15H16F3N3/c1-10-4-2-7-14-19-13(20-21(10)14)9-11-5-3-6-12(8-11)15(16,17)18/h3,5-6,8,10H,2,4,7,9H2,1H3. The summed E-state index contributed by atoms with van der Waals surface area (Å²) >= 11 is 0. The van der Waals surface area contributed by atoms with Crippen LogP contribution in [0.5, 0.6) is 0 Å². The molecular formula is C15H16F3N3. The lowest BCUT2D eigenvalue weighted by atomic mass is 10.1. The van der Waals surface area contributed by atoms with Gasteiger partial charge in [0, 0.05) is 12.8 Å². The third-order valence-electron chi connectivity index (χ3n) is 3.80. The fraction of sp³-hybridized carbons (Fsp3) is 0.467. The molecule has 6 heteroatoms. The van der Waals surface area contributed by atoms with Gasteiger partial charge in [0.2, 0.25) is 0 Å². The van der Waals surface area contributed by atoms with E-state index in [2.05, 4.69) is 17.0 Å². The Balaban J connectivity index is 1.84. The lowest BCUT2D eigenvalue weighted by molar-refractivity contribution is -0.137. The molecule has 1 aromatic heterocycles. The van der Waals surface area contributed by atoms with Crippen molar-refractivity contribution in [1.82, 2.24) is 14.8 Å². The highest BCUT2D eigenvalue weighted by Gasteiger charge is 2.30. The summed E-state index contributed by atoms with van der Waals surface area (Å²) in [5.74, 6) is 1.54. The number of hydrogen-bond donors (Lipinski definition) is 0. The van der Waals surface area contributed by atoms with Crippen LogP contribution in [-0.2, 0) is 19.0 Å². The summed E-state index contributed by atoms with van der Waals surface area (Å²) in [4.78, 5) is 4.46. The molecule has 2 heterocycles. The van der Waals surface area contributed by atoms with Gasteiger partial charge in [-0.15, -0.1) is 0 Å². The minimum absolute atomic E-state index is 0.316. The van der Waals surface area contributed by atoms with Crippen molar-refractivity contribution < 1.29 is 13.2 Å². The van der Waals surface area contributed by atoms with Gasteiger partial charge in [0.25, 0.3) is 0 Å². The highest BCUT2D eigenvalue weighted by Crippen LogP contribution is 2.30. The van der Waals surface area contributed by atoms with Crippen molar-refractivity contribution in [1.29, 1.82) is 0 Å². The molecule has 0 aliphatic carbocycles. The Morgan fingerprint density at radius 2 is 2.14 bits per heavy atom. The first-order valence-corrected chi connectivity index (χ1v) is 7.04. The molecule has 1 aliphatic rings. The number of hydrogen-bond acceptors (Lipinski definition) is 2. The number of fused-ring (bicyclic) bond motifs is 1. The van der Waals surface area contributed by atoms with Gasteiger partial charge in [-0.05, 0) is 31.4 Å². The summed E-state index contributed by atoms with van der Waals surface area (Å²) in [7, 11) is 0. The van der Waals surface area contributed by atoms with Gasteiger partial charge in [-0.2, -0.15) is 18.3 Å². The highest BCUT2D eigenvalue weighted by molar-refractivity contribution is 5.27. The van der Waals surface area contributed by atoms with Crippen LogP contribution in [0.1, 0.15) is 48.6 Å². The van der Waals surface area contributed by atoms with E-state index in [0.29, 0.717) is 23.9 Å². The number of alkyl halides is 3. The summed E-state index contributed by atoms with van der Waals surface area (Å²) in [6.45, 7) is 2.09. The molecule has 0 N–H and O–H groups in total. The lowest BCUT2D eigenvalue weighted by Gasteiger charge is -2.18. The quantitative estimate of drug-likeness (QED) is 0.844. The predicted octanol–water partition coefficient (Wildman–Crippen LogP) is 3.79. The van der Waals surface area contributed by atoms with Gasteiger partial charge in [0.15, 0.2) is 5.82 Å². The second-order valence-electron chi connectivity index (χ2n) is 5.50. The largest absolute Gasteiger partial charge is 0.416 e. The molecule has 1 atom stereocenters. The third kappa shape index (κ3) is 2.94. The van der Waals surface area contributed by atoms with Gasteiger partial charge < -0.3 is 0 Å². The van der Waals surface area contributed by atoms with E-state index in [0.717, 1.165) is 31.2 Å². The molecule has 0 spiro atoms. The van der Waals surface area contributed by atoms with Crippen molar-refractivity contribution >= 4 is 0 Å². The fourth-order valence-corrected chi connectivity index (χ4v) is 2.72. The number of halogens is 3. The molecular weight excluding hydrogens is 279 g/mol. The Kier molecular flexibility index (Phi) is 3.47. The zero-order chi connectivity index (χ0) is 15.0. The van der Waals surface area contributed by atoms with Gasteiger partial charge in [-0.25, -0.2) is 9.67 Å². The Hall–Kier alpha value is -1.85. The van der Waals surface area contributed by atoms with Crippen LogP contribution in [0, 0.1) is 0 Å². The van der Waals surface area contributed by atoms with E-state index in [1.54, 1.807) is 6.07 Å². The molecule has 112 valence electrons. The predicted molar refractivity (Wildman–Crippen MR) is 71.9 cm³/mol. The fourth-order valence-electron chi connectivity index (χ4n) is 2.72. The first-order chi connectivity index (χ1) is 9.93. The maximum atomic E-state index is 12.7.